The lowest BCUT2D eigenvalue weighted by atomic mass is 10.00. The molecule has 35 heavy (non-hydrogen) atoms. The maximum atomic E-state index is 13.1. The van der Waals surface area contributed by atoms with Crippen LogP contribution in [0.3, 0.4) is 0 Å². The molecule has 1 atom stereocenters. The number of morpholine rings is 1. The molecule has 2 amide bonds. The van der Waals surface area contributed by atoms with Gasteiger partial charge in [0.2, 0.25) is 21.8 Å². The Hall–Kier alpha value is -1.66. The number of nitrogens with one attached hydrogen (secondary N) is 1. The van der Waals surface area contributed by atoms with E-state index in [9.17, 15) is 18.0 Å². The molecule has 3 aliphatic heterocycles. The molecule has 2 fully saturated rings. The van der Waals surface area contributed by atoms with Gasteiger partial charge in [-0.25, -0.2) is 8.42 Å². The van der Waals surface area contributed by atoms with Crippen molar-refractivity contribution in [2.24, 2.45) is 0 Å². The molecule has 1 N–H and O–H groups in total. The Morgan fingerprint density at radius 3 is 2.77 bits per heavy atom. The van der Waals surface area contributed by atoms with Gasteiger partial charge in [-0.2, -0.15) is 4.31 Å². The second-order valence-corrected chi connectivity index (χ2v) is 12.2. The zero-order chi connectivity index (χ0) is 24.8. The zero-order valence-electron chi connectivity index (χ0n) is 20.4. The molecular weight excluding hydrogens is 488 g/mol. The van der Waals surface area contributed by atoms with Gasteiger partial charge in [-0.1, -0.05) is 13.3 Å². The summed E-state index contributed by atoms with van der Waals surface area (Å²) in [5.74, 6) is -0.204. The number of carbonyl (C=O) groups excluding carboxylic acids is 2. The number of hydrogen-bond acceptors (Lipinski definition) is 7. The topological polar surface area (TPSA) is 99.3 Å². The summed E-state index contributed by atoms with van der Waals surface area (Å²) in [7, 11) is -3.70. The lowest BCUT2D eigenvalue weighted by Gasteiger charge is -2.35. The summed E-state index contributed by atoms with van der Waals surface area (Å²) in [5.41, 5.74) is 0.481. The number of benzene rings is 1. The summed E-state index contributed by atoms with van der Waals surface area (Å²) in [6.45, 7) is 6.08. The standard InChI is InChI=1S/C24H36N4O5S2/c1-2-19-6-3-4-10-26(19)11-5-9-25-23(29)17-28-21-16-20(7-8-22(21)34-18-24(28)30)35(31,32)27-12-14-33-15-13-27/h7-8,16,19H,2-6,9-15,17-18H2,1H3,(H,25,29)/t19-/m0/s1. The Morgan fingerprint density at radius 2 is 2.00 bits per heavy atom. The van der Waals surface area contributed by atoms with E-state index in [1.54, 1.807) is 12.1 Å². The molecule has 9 nitrogen and oxygen atoms in total. The maximum Gasteiger partial charge on any atom is 0.243 e. The summed E-state index contributed by atoms with van der Waals surface area (Å²) in [6, 6.07) is 5.48. The van der Waals surface area contributed by atoms with Crippen LogP contribution in [0.5, 0.6) is 0 Å². The first-order valence-corrected chi connectivity index (χ1v) is 15.0. The number of hydrogen-bond donors (Lipinski definition) is 1. The molecule has 1 aromatic carbocycles. The van der Waals surface area contributed by atoms with Crippen LogP contribution in [0.1, 0.15) is 39.0 Å². The Balaban J connectivity index is 1.37. The third-order valence-electron chi connectivity index (χ3n) is 6.95. The number of nitrogens with zero attached hydrogens (tertiary/aromatic N) is 3. The molecule has 0 saturated carbocycles. The van der Waals surface area contributed by atoms with Crippen molar-refractivity contribution in [2.75, 3.05) is 63.1 Å². The minimum atomic E-state index is -3.70. The van der Waals surface area contributed by atoms with Crippen LogP contribution in [-0.2, 0) is 24.3 Å². The van der Waals surface area contributed by atoms with Gasteiger partial charge >= 0.3 is 0 Å². The van der Waals surface area contributed by atoms with Gasteiger partial charge in [-0.05, 0) is 50.4 Å². The van der Waals surface area contributed by atoms with Crippen molar-refractivity contribution in [3.63, 3.8) is 0 Å². The average molecular weight is 525 g/mol. The van der Waals surface area contributed by atoms with Gasteiger partial charge in [0.25, 0.3) is 0 Å². The molecule has 0 spiro atoms. The van der Waals surface area contributed by atoms with Crippen LogP contribution < -0.4 is 10.2 Å². The zero-order valence-corrected chi connectivity index (χ0v) is 22.0. The van der Waals surface area contributed by atoms with Crippen molar-refractivity contribution in [3.8, 4) is 0 Å². The van der Waals surface area contributed by atoms with Crippen molar-refractivity contribution < 1.29 is 22.7 Å². The number of fused-ring (bicyclic) bond motifs is 1. The van der Waals surface area contributed by atoms with Crippen LogP contribution in [0, 0.1) is 0 Å². The second kappa shape index (κ2) is 12.1. The number of amides is 2. The first-order chi connectivity index (χ1) is 16.9. The van der Waals surface area contributed by atoms with Crippen LogP contribution in [0.15, 0.2) is 28.0 Å². The van der Waals surface area contributed by atoms with E-state index in [0.717, 1.165) is 30.8 Å². The fourth-order valence-electron chi connectivity index (χ4n) is 4.98. The normalized spacial score (nSPS) is 22.1. The highest BCUT2D eigenvalue weighted by molar-refractivity contribution is 8.00. The van der Waals surface area contributed by atoms with E-state index >= 15 is 0 Å². The largest absolute Gasteiger partial charge is 0.379 e. The smallest absolute Gasteiger partial charge is 0.243 e. The predicted octanol–water partition coefficient (Wildman–Crippen LogP) is 1.92. The average Bonchev–Trinajstić information content (AvgIpc) is 2.88. The van der Waals surface area contributed by atoms with Crippen molar-refractivity contribution in [1.82, 2.24) is 14.5 Å². The predicted molar refractivity (Wildman–Crippen MR) is 136 cm³/mol. The van der Waals surface area contributed by atoms with E-state index in [-0.39, 0.29) is 29.0 Å². The Labute approximate surface area is 212 Å². The van der Waals surface area contributed by atoms with Gasteiger partial charge in [0.1, 0.15) is 6.54 Å². The van der Waals surface area contributed by atoms with E-state index in [1.165, 1.54) is 46.3 Å². The summed E-state index contributed by atoms with van der Waals surface area (Å²) >= 11 is 1.37. The molecule has 11 heteroatoms. The van der Waals surface area contributed by atoms with Crippen LogP contribution in [0.4, 0.5) is 5.69 Å². The van der Waals surface area contributed by atoms with Crippen molar-refractivity contribution >= 4 is 39.3 Å². The Morgan fingerprint density at radius 1 is 1.20 bits per heavy atom. The first kappa shape index (κ1) is 26.4. The molecule has 4 rings (SSSR count). The molecule has 3 heterocycles. The highest BCUT2D eigenvalue weighted by Gasteiger charge is 2.31. The molecule has 0 radical (unpaired) electrons. The third kappa shape index (κ3) is 6.37. The molecule has 0 aromatic heterocycles. The van der Waals surface area contributed by atoms with Gasteiger partial charge in [0.15, 0.2) is 0 Å². The van der Waals surface area contributed by atoms with E-state index in [4.69, 9.17) is 4.74 Å². The molecular formula is C24H36N4O5S2. The maximum absolute atomic E-state index is 13.1. The minimum absolute atomic E-state index is 0.116. The van der Waals surface area contributed by atoms with Gasteiger partial charge < -0.3 is 19.9 Å². The highest BCUT2D eigenvalue weighted by atomic mass is 32.2. The van der Waals surface area contributed by atoms with Crippen molar-refractivity contribution in [2.45, 2.75) is 54.9 Å². The molecule has 0 bridgehead atoms. The minimum Gasteiger partial charge on any atom is -0.379 e. The SMILES string of the molecule is CC[C@H]1CCCCN1CCCNC(=O)CN1C(=O)CSc2ccc(S(=O)(=O)N3CCOCC3)cc21. The summed E-state index contributed by atoms with van der Waals surface area (Å²) < 4.78 is 32.9. The molecule has 0 unspecified atom stereocenters. The highest BCUT2D eigenvalue weighted by Crippen LogP contribution is 2.37. The van der Waals surface area contributed by atoms with Gasteiger partial charge in [0, 0.05) is 37.1 Å². The van der Waals surface area contributed by atoms with Crippen molar-refractivity contribution in [1.29, 1.82) is 0 Å². The molecule has 2 saturated heterocycles. The molecule has 3 aliphatic rings. The third-order valence-corrected chi connectivity index (χ3v) is 9.89. The van der Waals surface area contributed by atoms with Crippen LogP contribution in [0.25, 0.3) is 0 Å². The lowest BCUT2D eigenvalue weighted by Crippen LogP contribution is -2.44. The number of sulfonamides is 1. The van der Waals surface area contributed by atoms with Gasteiger partial charge in [-0.3, -0.25) is 9.59 Å². The fraction of sp³-hybridized carbons (Fsp3) is 0.667. The van der Waals surface area contributed by atoms with E-state index in [2.05, 4.69) is 17.1 Å². The molecule has 1 aromatic rings. The Kier molecular flexibility index (Phi) is 9.09. The fourth-order valence-corrected chi connectivity index (χ4v) is 7.32. The van der Waals surface area contributed by atoms with Crippen LogP contribution in [-0.4, -0.2) is 93.7 Å². The number of likely N-dealkylation sites (tertiary alicyclic amines) is 1. The number of piperidine rings is 1. The second-order valence-electron chi connectivity index (χ2n) is 9.21. The number of rotatable bonds is 9. The van der Waals surface area contributed by atoms with Gasteiger partial charge in [0.05, 0.1) is 29.5 Å². The number of anilines is 1. The van der Waals surface area contributed by atoms with Crippen LogP contribution in [0.2, 0.25) is 0 Å². The summed E-state index contributed by atoms with van der Waals surface area (Å²) in [4.78, 5) is 30.3. The quantitative estimate of drug-likeness (QED) is 0.493. The van der Waals surface area contributed by atoms with E-state index in [0.29, 0.717) is 44.6 Å². The molecule has 194 valence electrons. The van der Waals surface area contributed by atoms with E-state index < -0.39 is 10.0 Å². The number of ether oxygens (including phenoxy) is 1. The summed E-state index contributed by atoms with van der Waals surface area (Å²) in [6.07, 6.45) is 5.81. The monoisotopic (exact) mass is 524 g/mol. The van der Waals surface area contributed by atoms with E-state index in [1.807, 2.05) is 0 Å². The van der Waals surface area contributed by atoms with Crippen molar-refractivity contribution in [3.05, 3.63) is 18.2 Å². The molecule has 0 aliphatic carbocycles. The lowest BCUT2D eigenvalue weighted by molar-refractivity contribution is -0.123. The van der Waals surface area contributed by atoms with Crippen LogP contribution >= 0.6 is 11.8 Å². The van der Waals surface area contributed by atoms with Gasteiger partial charge in [-0.15, -0.1) is 11.8 Å². The number of thioether (sulfide) groups is 1. The Bertz CT molecular complexity index is 1010. The first-order valence-electron chi connectivity index (χ1n) is 12.6. The number of carbonyl (C=O) groups is 2. The summed E-state index contributed by atoms with van der Waals surface area (Å²) in [5, 5.41) is 2.94.